The predicted molar refractivity (Wildman–Crippen MR) is 116 cm³/mol. The number of nitrogens with one attached hydrogen (secondary N) is 1. The Kier molecular flexibility index (Phi) is 6.96. The first-order chi connectivity index (χ1) is 15.3. The number of ether oxygens (including phenoxy) is 1. The van der Waals surface area contributed by atoms with E-state index in [-0.39, 0.29) is 42.7 Å². The van der Waals surface area contributed by atoms with Gasteiger partial charge >= 0.3 is 190 Å². The summed E-state index contributed by atoms with van der Waals surface area (Å²) >= 11 is -1.44. The average Bonchev–Trinajstić information content (AvgIpc) is 3.52. The number of carbonyl (C=O) groups excluding carboxylic acids is 1. The fourth-order valence-electron chi connectivity index (χ4n) is 4.19. The van der Waals surface area contributed by atoms with Crippen LogP contribution in [0.5, 0.6) is 0 Å². The van der Waals surface area contributed by atoms with Gasteiger partial charge in [0.1, 0.15) is 0 Å². The van der Waals surface area contributed by atoms with Crippen LogP contribution in [-0.4, -0.2) is 51.8 Å². The Hall–Kier alpha value is -1.86. The molecule has 9 heteroatoms. The molecule has 2 aliphatic heterocycles. The van der Waals surface area contributed by atoms with Crippen molar-refractivity contribution in [2.24, 2.45) is 5.73 Å². The van der Waals surface area contributed by atoms with Gasteiger partial charge in [0.25, 0.3) is 0 Å². The summed E-state index contributed by atoms with van der Waals surface area (Å²) in [4.78, 5) is 12.2. The van der Waals surface area contributed by atoms with E-state index < -0.39 is 44.1 Å². The minimum absolute atomic E-state index is 0.0379. The Bertz CT molecular complexity index is 982. The average molecular weight is 510 g/mol. The summed E-state index contributed by atoms with van der Waals surface area (Å²) in [5, 5.41) is 5.11. The summed E-state index contributed by atoms with van der Waals surface area (Å²) in [5.74, 6) is -2.37. The molecule has 172 valence electrons. The van der Waals surface area contributed by atoms with E-state index in [1.54, 1.807) is 12.1 Å². The molecule has 32 heavy (non-hydrogen) atoms. The van der Waals surface area contributed by atoms with Crippen LogP contribution in [0.3, 0.4) is 0 Å². The minimum atomic E-state index is -1.44. The van der Waals surface area contributed by atoms with E-state index in [1.807, 2.05) is 6.92 Å². The van der Waals surface area contributed by atoms with Crippen LogP contribution in [0.25, 0.3) is 11.1 Å². The molecule has 2 heterocycles. The predicted octanol–water partition coefficient (Wildman–Crippen LogP) is 3.33. The van der Waals surface area contributed by atoms with Crippen LogP contribution in [-0.2, 0) is 19.7 Å². The van der Waals surface area contributed by atoms with E-state index >= 15 is 4.39 Å². The van der Waals surface area contributed by atoms with Gasteiger partial charge in [-0.15, -0.1) is 0 Å². The van der Waals surface area contributed by atoms with Crippen LogP contribution >= 0.6 is 0 Å². The number of amides is 1. The number of morpholine rings is 1. The quantitative estimate of drug-likeness (QED) is 0.535. The SMILES string of the molecule is CC(N)CC1(C(Cc2cccc(-c3cc(F)cc(F)c3)c2F)O[As]2CC2)COCC(=O)N1. The summed E-state index contributed by atoms with van der Waals surface area (Å²) in [6.07, 6.45) is 0.0791. The second-order valence-corrected chi connectivity index (χ2v) is 12.9. The molecular formula is C23H26AsF3N2O3. The zero-order valence-corrected chi connectivity index (χ0v) is 19.6. The summed E-state index contributed by atoms with van der Waals surface area (Å²) in [6, 6.07) is 7.48. The second-order valence-electron chi connectivity index (χ2n) is 8.54. The van der Waals surface area contributed by atoms with Crippen LogP contribution in [0.2, 0.25) is 10.4 Å². The van der Waals surface area contributed by atoms with E-state index in [2.05, 4.69) is 5.32 Å². The Morgan fingerprint density at radius 3 is 2.56 bits per heavy atom. The molecule has 2 aromatic rings. The molecule has 3 unspecified atom stereocenters. The van der Waals surface area contributed by atoms with Crippen LogP contribution in [0.15, 0.2) is 36.4 Å². The van der Waals surface area contributed by atoms with E-state index in [4.69, 9.17) is 14.2 Å². The first-order valence-corrected chi connectivity index (χ1v) is 14.0. The molecule has 5 nitrogen and oxygen atoms in total. The molecule has 3 atom stereocenters. The third kappa shape index (κ3) is 5.37. The van der Waals surface area contributed by atoms with Gasteiger partial charge in [-0.2, -0.15) is 0 Å². The number of rotatable bonds is 8. The van der Waals surface area contributed by atoms with Gasteiger partial charge in [0.2, 0.25) is 0 Å². The van der Waals surface area contributed by atoms with Crippen LogP contribution in [0.4, 0.5) is 13.2 Å². The Labute approximate surface area is 190 Å². The molecule has 0 saturated carbocycles. The number of carbonyl (C=O) groups is 1. The summed E-state index contributed by atoms with van der Waals surface area (Å²) in [6.45, 7) is 2.03. The van der Waals surface area contributed by atoms with Gasteiger partial charge in [-0.3, -0.25) is 0 Å². The molecule has 0 bridgehead atoms. The molecule has 0 radical (unpaired) electrons. The first kappa shape index (κ1) is 23.3. The van der Waals surface area contributed by atoms with Crippen LogP contribution in [0, 0.1) is 17.5 Å². The Morgan fingerprint density at radius 1 is 1.22 bits per heavy atom. The summed E-state index contributed by atoms with van der Waals surface area (Å²) in [7, 11) is 0. The Balaban J connectivity index is 1.69. The van der Waals surface area contributed by atoms with Gasteiger partial charge in [0, 0.05) is 0 Å². The molecule has 0 aliphatic carbocycles. The van der Waals surface area contributed by atoms with Crippen LogP contribution in [0.1, 0.15) is 18.9 Å². The van der Waals surface area contributed by atoms with Gasteiger partial charge in [0.05, 0.1) is 0 Å². The maximum absolute atomic E-state index is 15.5. The third-order valence-corrected chi connectivity index (χ3v) is 8.49. The fourth-order valence-corrected chi connectivity index (χ4v) is 7.03. The first-order valence-electron chi connectivity index (χ1n) is 10.6. The number of hydrogen-bond donors (Lipinski definition) is 2. The summed E-state index contributed by atoms with van der Waals surface area (Å²) < 4.78 is 54.9. The second kappa shape index (κ2) is 9.55. The Morgan fingerprint density at radius 2 is 1.94 bits per heavy atom. The van der Waals surface area contributed by atoms with E-state index in [0.29, 0.717) is 12.0 Å². The summed E-state index contributed by atoms with van der Waals surface area (Å²) in [5.41, 5.74) is 5.80. The van der Waals surface area contributed by atoms with Crippen molar-refractivity contribution >= 4 is 20.9 Å². The zero-order chi connectivity index (χ0) is 22.9. The molecule has 2 aliphatic rings. The van der Waals surface area contributed by atoms with Crippen molar-refractivity contribution in [1.29, 1.82) is 0 Å². The van der Waals surface area contributed by atoms with Crippen molar-refractivity contribution in [1.82, 2.24) is 5.32 Å². The molecular weight excluding hydrogens is 484 g/mol. The van der Waals surface area contributed by atoms with E-state index in [0.717, 1.165) is 28.6 Å². The van der Waals surface area contributed by atoms with Crippen molar-refractivity contribution in [3.8, 4) is 11.1 Å². The molecule has 0 spiro atoms. The fraction of sp³-hybridized carbons (Fsp3) is 0.435. The topological polar surface area (TPSA) is 73.6 Å². The van der Waals surface area contributed by atoms with E-state index in [9.17, 15) is 13.6 Å². The molecule has 0 aromatic heterocycles. The molecule has 2 fully saturated rings. The molecule has 1 amide bonds. The molecule has 4 rings (SSSR count). The van der Waals surface area contributed by atoms with Gasteiger partial charge in [0.15, 0.2) is 0 Å². The maximum atomic E-state index is 15.5. The van der Waals surface area contributed by atoms with Crippen molar-refractivity contribution in [3.63, 3.8) is 0 Å². The van der Waals surface area contributed by atoms with Gasteiger partial charge < -0.3 is 0 Å². The monoisotopic (exact) mass is 510 g/mol. The van der Waals surface area contributed by atoms with Gasteiger partial charge in [-0.25, -0.2) is 0 Å². The molecule has 2 aromatic carbocycles. The zero-order valence-electron chi connectivity index (χ0n) is 17.7. The van der Waals surface area contributed by atoms with Crippen molar-refractivity contribution in [2.75, 3.05) is 13.2 Å². The number of hydrogen-bond acceptors (Lipinski definition) is 4. The number of benzene rings is 2. The van der Waals surface area contributed by atoms with E-state index in [1.165, 1.54) is 6.07 Å². The number of nitrogens with two attached hydrogens (primary N) is 1. The normalized spacial score (nSPS) is 23.0. The van der Waals surface area contributed by atoms with Gasteiger partial charge in [-0.1, -0.05) is 0 Å². The standard InChI is InChI=1S/C23H26AsF3N2O3/c1-14(28)11-23(13-31-12-21(30)29-23)20(32-24-5-6-24)9-15-3-2-4-19(22(15)27)16-7-17(25)10-18(26)8-16/h2-4,7-8,10,14,20H,5-6,9,11-13,28H2,1H3,(H,29,30). The molecule has 2 saturated heterocycles. The van der Waals surface area contributed by atoms with Gasteiger partial charge in [-0.05, 0) is 0 Å². The number of halogens is 3. The van der Waals surface area contributed by atoms with Crippen molar-refractivity contribution < 1.29 is 26.4 Å². The van der Waals surface area contributed by atoms with Crippen molar-refractivity contribution in [2.45, 2.75) is 47.9 Å². The molecule has 3 N–H and O–H groups in total. The van der Waals surface area contributed by atoms with Crippen LogP contribution < -0.4 is 11.1 Å². The van der Waals surface area contributed by atoms with Crippen molar-refractivity contribution in [3.05, 3.63) is 59.4 Å². The third-order valence-electron chi connectivity index (χ3n) is 5.62.